The van der Waals surface area contributed by atoms with Gasteiger partial charge in [-0.3, -0.25) is 0 Å². The minimum absolute atomic E-state index is 0.197. The van der Waals surface area contributed by atoms with Gasteiger partial charge in [0.1, 0.15) is 0 Å². The van der Waals surface area contributed by atoms with Gasteiger partial charge in [0.05, 0.1) is 76.9 Å². The van der Waals surface area contributed by atoms with Crippen LogP contribution in [0.3, 0.4) is 0 Å². The van der Waals surface area contributed by atoms with Crippen molar-refractivity contribution < 1.29 is 37.9 Å². The van der Waals surface area contributed by atoms with Crippen molar-refractivity contribution in [2.75, 3.05) is 66.1 Å². The van der Waals surface area contributed by atoms with E-state index in [1.54, 1.807) is 13.8 Å². The van der Waals surface area contributed by atoms with Crippen molar-refractivity contribution in [3.05, 3.63) is 12.2 Å². The van der Waals surface area contributed by atoms with Crippen molar-refractivity contribution in [1.82, 2.24) is 0 Å². The Labute approximate surface area is 153 Å². The van der Waals surface area contributed by atoms with Gasteiger partial charge in [-0.25, -0.2) is 0 Å². The van der Waals surface area contributed by atoms with Gasteiger partial charge in [0.2, 0.25) is 0 Å². The summed E-state index contributed by atoms with van der Waals surface area (Å²) < 4.78 is 44.9. The highest BCUT2D eigenvalue weighted by atomic mass is 16.9. The third-order valence-corrected chi connectivity index (χ3v) is 5.25. The summed E-state index contributed by atoms with van der Waals surface area (Å²) in [6.07, 6.45) is 3.91. The topological polar surface area (TPSA) is 73.8 Å². The Morgan fingerprint density at radius 2 is 0.923 bits per heavy atom. The molecule has 6 aliphatic rings. The molecule has 0 N–H and O–H groups in total. The summed E-state index contributed by atoms with van der Waals surface area (Å²) in [4.78, 5) is 0. The number of rotatable bonds is 8. The van der Waals surface area contributed by atoms with Crippen LogP contribution in [0.2, 0.25) is 0 Å². The SMILES string of the molecule is CC12OCC(COC/C=C/COCC34COC(C)(OC3)OC4)(CO1)CO2. The lowest BCUT2D eigenvalue weighted by Gasteiger charge is -2.50. The average molecular weight is 372 g/mol. The molecular weight excluding hydrogens is 344 g/mol. The summed E-state index contributed by atoms with van der Waals surface area (Å²) in [6, 6.07) is 0. The number of hydrogen-bond acceptors (Lipinski definition) is 8. The molecule has 0 amide bonds. The predicted octanol–water partition coefficient (Wildman–Crippen LogP) is 1.05. The lowest BCUT2D eigenvalue weighted by molar-refractivity contribution is -0.462. The summed E-state index contributed by atoms with van der Waals surface area (Å²) in [5.74, 6) is -1.73. The summed E-state index contributed by atoms with van der Waals surface area (Å²) >= 11 is 0. The fourth-order valence-corrected chi connectivity index (χ4v) is 3.28. The van der Waals surface area contributed by atoms with E-state index in [2.05, 4.69) is 0 Å². The standard InChI is InChI=1S/C18H28O8/c1-15-21-9-17(10-22-15,11-23-15)7-19-5-3-4-6-20-8-18-12-24-16(2,25-13-18)26-14-18/h3-4H,5-14H2,1-2H3/b4-3+. The smallest absolute Gasteiger partial charge is 0.279 e. The fourth-order valence-electron chi connectivity index (χ4n) is 3.28. The number of ether oxygens (including phenoxy) is 8. The fraction of sp³-hybridized carbons (Fsp3) is 0.889. The van der Waals surface area contributed by atoms with E-state index in [4.69, 9.17) is 37.9 Å². The van der Waals surface area contributed by atoms with Crippen LogP contribution in [0.1, 0.15) is 13.8 Å². The first-order valence-electron chi connectivity index (χ1n) is 9.09. The normalized spacial score (nSPS) is 44.8. The van der Waals surface area contributed by atoms with Crippen LogP contribution in [0.25, 0.3) is 0 Å². The molecule has 8 heteroatoms. The molecule has 6 heterocycles. The molecular formula is C18H28O8. The maximum atomic E-state index is 5.74. The number of fused-ring (bicyclic) bond motifs is 6. The zero-order valence-corrected chi connectivity index (χ0v) is 15.5. The van der Waals surface area contributed by atoms with Gasteiger partial charge in [0.15, 0.2) is 0 Å². The molecule has 4 bridgehead atoms. The van der Waals surface area contributed by atoms with E-state index in [-0.39, 0.29) is 10.8 Å². The molecule has 148 valence electrons. The van der Waals surface area contributed by atoms with Crippen LogP contribution >= 0.6 is 0 Å². The molecule has 6 fully saturated rings. The van der Waals surface area contributed by atoms with Gasteiger partial charge in [-0.05, 0) is 0 Å². The summed E-state index contributed by atoms with van der Waals surface area (Å²) in [5, 5.41) is 0. The lowest BCUT2D eigenvalue weighted by Crippen LogP contribution is -2.60. The van der Waals surface area contributed by atoms with Crippen LogP contribution in [0.5, 0.6) is 0 Å². The Balaban J connectivity index is 1.09. The predicted molar refractivity (Wildman–Crippen MR) is 88.2 cm³/mol. The third kappa shape index (κ3) is 3.98. The lowest BCUT2D eigenvalue weighted by atomic mass is 9.90. The highest BCUT2D eigenvalue weighted by Crippen LogP contribution is 2.39. The van der Waals surface area contributed by atoms with Crippen LogP contribution in [0.15, 0.2) is 12.2 Å². The van der Waals surface area contributed by atoms with Crippen molar-refractivity contribution in [3.63, 3.8) is 0 Å². The molecule has 0 atom stereocenters. The minimum atomic E-state index is -0.866. The monoisotopic (exact) mass is 372 g/mol. The second kappa shape index (κ2) is 7.10. The van der Waals surface area contributed by atoms with Crippen molar-refractivity contribution >= 4 is 0 Å². The first kappa shape index (κ1) is 18.8. The van der Waals surface area contributed by atoms with Crippen LogP contribution in [-0.4, -0.2) is 78.0 Å². The molecule has 0 radical (unpaired) electrons. The van der Waals surface area contributed by atoms with Gasteiger partial charge in [0.25, 0.3) is 11.9 Å². The van der Waals surface area contributed by atoms with Crippen molar-refractivity contribution in [1.29, 1.82) is 0 Å². The number of hydrogen-bond donors (Lipinski definition) is 0. The maximum Gasteiger partial charge on any atom is 0.279 e. The van der Waals surface area contributed by atoms with Crippen LogP contribution in [0.4, 0.5) is 0 Å². The van der Waals surface area contributed by atoms with E-state index >= 15 is 0 Å². The van der Waals surface area contributed by atoms with Crippen molar-refractivity contribution in [2.45, 2.75) is 25.8 Å². The zero-order chi connectivity index (χ0) is 18.1. The first-order valence-corrected chi connectivity index (χ1v) is 9.09. The largest absolute Gasteiger partial charge is 0.377 e. The molecule has 0 aromatic carbocycles. The average Bonchev–Trinajstić information content (AvgIpc) is 2.67. The molecule has 6 saturated heterocycles. The van der Waals surface area contributed by atoms with E-state index in [9.17, 15) is 0 Å². The Morgan fingerprint density at radius 1 is 0.615 bits per heavy atom. The van der Waals surface area contributed by atoms with E-state index in [0.29, 0.717) is 66.1 Å². The molecule has 0 saturated carbocycles. The second-order valence-electron chi connectivity index (χ2n) is 7.96. The van der Waals surface area contributed by atoms with Gasteiger partial charge < -0.3 is 37.9 Å². The van der Waals surface area contributed by atoms with E-state index in [1.165, 1.54) is 0 Å². The molecule has 0 aliphatic carbocycles. The van der Waals surface area contributed by atoms with Gasteiger partial charge in [0, 0.05) is 13.8 Å². The van der Waals surface area contributed by atoms with Crippen molar-refractivity contribution in [2.24, 2.45) is 10.8 Å². The summed E-state index contributed by atoms with van der Waals surface area (Å²) in [7, 11) is 0. The molecule has 8 nitrogen and oxygen atoms in total. The quantitative estimate of drug-likeness (QED) is 0.462. The first-order chi connectivity index (χ1) is 12.4. The van der Waals surface area contributed by atoms with Gasteiger partial charge >= 0.3 is 0 Å². The Kier molecular flexibility index (Phi) is 5.13. The molecule has 6 rings (SSSR count). The van der Waals surface area contributed by atoms with Gasteiger partial charge in [-0.15, -0.1) is 0 Å². The third-order valence-electron chi connectivity index (χ3n) is 5.25. The molecule has 0 unspecified atom stereocenters. The summed E-state index contributed by atoms with van der Waals surface area (Å²) in [6.45, 7) is 9.31. The molecule has 26 heavy (non-hydrogen) atoms. The molecule has 0 aromatic rings. The van der Waals surface area contributed by atoms with E-state index in [0.717, 1.165) is 0 Å². The Bertz CT molecular complexity index is 438. The van der Waals surface area contributed by atoms with Gasteiger partial charge in [-0.2, -0.15) is 0 Å². The zero-order valence-electron chi connectivity index (χ0n) is 15.5. The maximum absolute atomic E-state index is 5.74. The molecule has 0 spiro atoms. The van der Waals surface area contributed by atoms with Crippen molar-refractivity contribution in [3.8, 4) is 0 Å². The van der Waals surface area contributed by atoms with Crippen LogP contribution in [-0.2, 0) is 37.9 Å². The van der Waals surface area contributed by atoms with E-state index in [1.807, 2.05) is 12.2 Å². The molecule has 0 aromatic heterocycles. The highest BCUT2D eigenvalue weighted by Gasteiger charge is 2.51. The highest BCUT2D eigenvalue weighted by molar-refractivity contribution is 4.89. The van der Waals surface area contributed by atoms with E-state index < -0.39 is 11.9 Å². The molecule has 6 aliphatic heterocycles. The Hall–Kier alpha value is -0.580. The Morgan fingerprint density at radius 3 is 1.23 bits per heavy atom. The van der Waals surface area contributed by atoms with Gasteiger partial charge in [-0.1, -0.05) is 12.2 Å². The summed E-state index contributed by atoms with van der Waals surface area (Å²) in [5.41, 5.74) is -0.393. The van der Waals surface area contributed by atoms with Crippen LogP contribution < -0.4 is 0 Å². The van der Waals surface area contributed by atoms with Crippen LogP contribution in [0, 0.1) is 10.8 Å². The second-order valence-corrected chi connectivity index (χ2v) is 7.96. The minimum Gasteiger partial charge on any atom is -0.377 e.